The van der Waals surface area contributed by atoms with Crippen molar-refractivity contribution < 1.29 is 9.13 Å². The van der Waals surface area contributed by atoms with Crippen LogP contribution < -0.4 is 10.1 Å². The van der Waals surface area contributed by atoms with E-state index in [1.165, 1.54) is 22.9 Å². The van der Waals surface area contributed by atoms with Gasteiger partial charge in [0.25, 0.3) is 0 Å². The lowest BCUT2D eigenvalue weighted by Crippen LogP contribution is -2.14. The molecule has 0 aliphatic rings. The SMILES string of the molecule is CCOc1ccc2ccccc2c1CNCc1ccc(F)cc1. The van der Waals surface area contributed by atoms with E-state index in [0.29, 0.717) is 19.7 Å². The Kier molecular flexibility index (Phi) is 4.89. The van der Waals surface area contributed by atoms with Crippen molar-refractivity contribution in [2.24, 2.45) is 0 Å². The van der Waals surface area contributed by atoms with E-state index in [0.717, 1.165) is 16.9 Å². The summed E-state index contributed by atoms with van der Waals surface area (Å²) in [7, 11) is 0. The number of nitrogens with one attached hydrogen (secondary N) is 1. The number of benzene rings is 3. The molecule has 0 radical (unpaired) electrons. The van der Waals surface area contributed by atoms with Gasteiger partial charge in [0, 0.05) is 18.7 Å². The van der Waals surface area contributed by atoms with Gasteiger partial charge in [0.1, 0.15) is 11.6 Å². The molecule has 0 aromatic heterocycles. The highest BCUT2D eigenvalue weighted by Gasteiger charge is 2.08. The molecule has 3 aromatic carbocycles. The first-order chi connectivity index (χ1) is 11.3. The maximum absolute atomic E-state index is 12.9. The average Bonchev–Trinajstić information content (AvgIpc) is 2.58. The fraction of sp³-hybridized carbons (Fsp3) is 0.200. The lowest BCUT2D eigenvalue weighted by Gasteiger charge is -2.14. The molecule has 0 spiro atoms. The molecule has 1 N–H and O–H groups in total. The largest absolute Gasteiger partial charge is 0.494 e. The van der Waals surface area contributed by atoms with E-state index >= 15 is 0 Å². The van der Waals surface area contributed by atoms with Gasteiger partial charge in [-0.05, 0) is 41.5 Å². The highest BCUT2D eigenvalue weighted by atomic mass is 19.1. The Morgan fingerprint density at radius 2 is 1.70 bits per heavy atom. The molecule has 3 rings (SSSR count). The van der Waals surface area contributed by atoms with E-state index in [1.54, 1.807) is 12.1 Å². The minimum absolute atomic E-state index is 0.207. The van der Waals surface area contributed by atoms with Gasteiger partial charge in [0.15, 0.2) is 0 Å². The quantitative estimate of drug-likeness (QED) is 0.714. The van der Waals surface area contributed by atoms with Crippen LogP contribution in [0.1, 0.15) is 18.1 Å². The number of hydrogen-bond acceptors (Lipinski definition) is 2. The minimum Gasteiger partial charge on any atom is -0.494 e. The van der Waals surface area contributed by atoms with Crippen LogP contribution in [0.15, 0.2) is 60.7 Å². The Balaban J connectivity index is 1.80. The summed E-state index contributed by atoms with van der Waals surface area (Å²) < 4.78 is 18.7. The van der Waals surface area contributed by atoms with Crippen LogP contribution in [0.3, 0.4) is 0 Å². The molecule has 0 aliphatic heterocycles. The molecule has 23 heavy (non-hydrogen) atoms. The number of fused-ring (bicyclic) bond motifs is 1. The molecule has 0 aliphatic carbocycles. The topological polar surface area (TPSA) is 21.3 Å². The molecule has 2 nitrogen and oxygen atoms in total. The first-order valence-electron chi connectivity index (χ1n) is 7.86. The third-order valence-corrected chi connectivity index (χ3v) is 3.84. The summed E-state index contributed by atoms with van der Waals surface area (Å²) in [5.41, 5.74) is 2.22. The van der Waals surface area contributed by atoms with Gasteiger partial charge in [-0.25, -0.2) is 4.39 Å². The Morgan fingerprint density at radius 3 is 2.48 bits per heavy atom. The zero-order valence-corrected chi connectivity index (χ0v) is 13.2. The summed E-state index contributed by atoms with van der Waals surface area (Å²) in [6.07, 6.45) is 0. The summed E-state index contributed by atoms with van der Waals surface area (Å²) in [4.78, 5) is 0. The average molecular weight is 309 g/mol. The molecule has 0 fully saturated rings. The van der Waals surface area contributed by atoms with Crippen LogP contribution >= 0.6 is 0 Å². The van der Waals surface area contributed by atoms with Gasteiger partial charge in [-0.2, -0.15) is 0 Å². The van der Waals surface area contributed by atoms with E-state index in [9.17, 15) is 4.39 Å². The van der Waals surface area contributed by atoms with Crippen molar-refractivity contribution in [2.75, 3.05) is 6.61 Å². The van der Waals surface area contributed by atoms with E-state index in [1.807, 2.05) is 25.1 Å². The number of hydrogen-bond donors (Lipinski definition) is 1. The second kappa shape index (κ2) is 7.25. The Labute approximate surface area is 135 Å². The van der Waals surface area contributed by atoms with Gasteiger partial charge in [-0.3, -0.25) is 0 Å². The maximum atomic E-state index is 12.9. The normalized spacial score (nSPS) is 10.9. The predicted molar refractivity (Wildman–Crippen MR) is 92.1 cm³/mol. The first-order valence-corrected chi connectivity index (χ1v) is 7.86. The first kappa shape index (κ1) is 15.5. The van der Waals surface area contributed by atoms with Gasteiger partial charge in [0.2, 0.25) is 0 Å². The molecule has 0 unspecified atom stereocenters. The molecule has 0 amide bonds. The molecule has 0 saturated carbocycles. The van der Waals surface area contributed by atoms with Crippen LogP contribution in [0.5, 0.6) is 5.75 Å². The molecular formula is C20H20FNO. The van der Waals surface area contributed by atoms with Crippen LogP contribution in [0, 0.1) is 5.82 Å². The van der Waals surface area contributed by atoms with Gasteiger partial charge in [-0.1, -0.05) is 42.5 Å². The zero-order chi connectivity index (χ0) is 16.1. The van der Waals surface area contributed by atoms with Crippen molar-refractivity contribution in [1.29, 1.82) is 0 Å². The van der Waals surface area contributed by atoms with Crippen molar-refractivity contribution in [3.8, 4) is 5.75 Å². The summed E-state index contributed by atoms with van der Waals surface area (Å²) >= 11 is 0. The highest BCUT2D eigenvalue weighted by molar-refractivity contribution is 5.87. The third-order valence-electron chi connectivity index (χ3n) is 3.84. The number of rotatable bonds is 6. The molecule has 3 heteroatoms. The zero-order valence-electron chi connectivity index (χ0n) is 13.2. The molecule has 0 heterocycles. The molecule has 3 aromatic rings. The minimum atomic E-state index is -0.207. The van der Waals surface area contributed by atoms with Crippen molar-refractivity contribution in [3.05, 3.63) is 77.6 Å². The Morgan fingerprint density at radius 1 is 0.913 bits per heavy atom. The maximum Gasteiger partial charge on any atom is 0.124 e. The van der Waals surface area contributed by atoms with E-state index < -0.39 is 0 Å². The van der Waals surface area contributed by atoms with Gasteiger partial charge in [0.05, 0.1) is 6.61 Å². The standard InChI is InChI=1S/C20H20FNO/c1-2-23-20-12-9-16-5-3-4-6-18(16)19(20)14-22-13-15-7-10-17(21)11-8-15/h3-12,22H,2,13-14H2,1H3. The van der Waals surface area contributed by atoms with Crippen LogP contribution in [-0.2, 0) is 13.1 Å². The lowest BCUT2D eigenvalue weighted by molar-refractivity contribution is 0.336. The van der Waals surface area contributed by atoms with Crippen molar-refractivity contribution in [1.82, 2.24) is 5.32 Å². The molecule has 118 valence electrons. The summed E-state index contributed by atoms with van der Waals surface area (Å²) in [6, 6.07) is 19.0. The van der Waals surface area contributed by atoms with Crippen LogP contribution in [0.25, 0.3) is 10.8 Å². The molecule has 0 saturated heterocycles. The monoisotopic (exact) mass is 309 g/mol. The van der Waals surface area contributed by atoms with Crippen molar-refractivity contribution in [2.45, 2.75) is 20.0 Å². The van der Waals surface area contributed by atoms with Crippen LogP contribution in [-0.4, -0.2) is 6.61 Å². The fourth-order valence-electron chi connectivity index (χ4n) is 2.72. The Hall–Kier alpha value is -2.39. The number of halogens is 1. The van der Waals surface area contributed by atoms with Gasteiger partial charge in [-0.15, -0.1) is 0 Å². The fourth-order valence-corrected chi connectivity index (χ4v) is 2.72. The van der Waals surface area contributed by atoms with Crippen molar-refractivity contribution >= 4 is 10.8 Å². The van der Waals surface area contributed by atoms with E-state index in [4.69, 9.17) is 4.74 Å². The van der Waals surface area contributed by atoms with Gasteiger partial charge < -0.3 is 10.1 Å². The summed E-state index contributed by atoms with van der Waals surface area (Å²) in [5, 5.41) is 5.83. The van der Waals surface area contributed by atoms with E-state index in [2.05, 4.69) is 23.5 Å². The smallest absolute Gasteiger partial charge is 0.124 e. The second-order valence-corrected chi connectivity index (χ2v) is 5.43. The van der Waals surface area contributed by atoms with E-state index in [-0.39, 0.29) is 5.82 Å². The Bertz CT molecular complexity index is 783. The summed E-state index contributed by atoms with van der Waals surface area (Å²) in [6.45, 7) is 4.03. The third kappa shape index (κ3) is 3.69. The second-order valence-electron chi connectivity index (χ2n) is 5.43. The van der Waals surface area contributed by atoms with Crippen molar-refractivity contribution in [3.63, 3.8) is 0 Å². The molecular weight excluding hydrogens is 289 g/mol. The highest BCUT2D eigenvalue weighted by Crippen LogP contribution is 2.28. The predicted octanol–water partition coefficient (Wildman–Crippen LogP) is 4.67. The van der Waals surface area contributed by atoms with Gasteiger partial charge >= 0.3 is 0 Å². The molecule has 0 atom stereocenters. The van der Waals surface area contributed by atoms with Crippen LogP contribution in [0.4, 0.5) is 4.39 Å². The summed E-state index contributed by atoms with van der Waals surface area (Å²) in [5.74, 6) is 0.708. The lowest BCUT2D eigenvalue weighted by atomic mass is 10.0. The number of ether oxygens (including phenoxy) is 1. The van der Waals surface area contributed by atoms with Crippen LogP contribution in [0.2, 0.25) is 0 Å². The molecule has 0 bridgehead atoms.